The van der Waals surface area contributed by atoms with E-state index in [0.717, 1.165) is 4.31 Å². The highest BCUT2D eigenvalue weighted by molar-refractivity contribution is 7.93. The molecule has 0 aliphatic heterocycles. The van der Waals surface area contributed by atoms with Crippen LogP contribution in [0.1, 0.15) is 5.56 Å². The summed E-state index contributed by atoms with van der Waals surface area (Å²) in [5.74, 6) is -0.690. The highest BCUT2D eigenvalue weighted by atomic mass is 35.5. The molecule has 0 unspecified atom stereocenters. The lowest BCUT2D eigenvalue weighted by atomic mass is 10.2. The van der Waals surface area contributed by atoms with Crippen molar-refractivity contribution in [1.82, 2.24) is 0 Å². The van der Waals surface area contributed by atoms with Gasteiger partial charge in [0.05, 0.1) is 10.6 Å². The van der Waals surface area contributed by atoms with Crippen LogP contribution in [0.15, 0.2) is 95.9 Å². The monoisotopic (exact) mass is 397 g/mol. The minimum Gasteiger partial charge on any atom is -0.268 e. The van der Waals surface area contributed by atoms with Gasteiger partial charge in [-0.25, -0.2) is 8.42 Å². The number of anilines is 1. The fourth-order valence-electron chi connectivity index (χ4n) is 2.48. The van der Waals surface area contributed by atoms with Gasteiger partial charge in [0.15, 0.2) is 0 Å². The van der Waals surface area contributed by atoms with Crippen molar-refractivity contribution in [2.75, 3.05) is 4.31 Å². The molecule has 4 nitrogen and oxygen atoms in total. The van der Waals surface area contributed by atoms with Gasteiger partial charge in [-0.3, -0.25) is 4.79 Å². The fraction of sp³-hybridized carbons (Fsp3) is 0. The van der Waals surface area contributed by atoms with Crippen LogP contribution in [0, 0.1) is 0 Å². The molecule has 27 heavy (non-hydrogen) atoms. The average molecular weight is 398 g/mol. The zero-order valence-corrected chi connectivity index (χ0v) is 15.8. The molecule has 3 aromatic carbocycles. The fourth-order valence-corrected chi connectivity index (χ4v) is 4.09. The van der Waals surface area contributed by atoms with Gasteiger partial charge in [0, 0.05) is 11.1 Å². The van der Waals surface area contributed by atoms with Crippen molar-refractivity contribution in [2.24, 2.45) is 0 Å². The predicted molar refractivity (Wildman–Crippen MR) is 108 cm³/mol. The van der Waals surface area contributed by atoms with Crippen molar-refractivity contribution in [3.05, 3.63) is 102 Å². The Morgan fingerprint density at radius 2 is 1.37 bits per heavy atom. The SMILES string of the molecule is O=C(/C=C/c1ccccc1Cl)N(c1ccccc1)S(=O)(=O)c1ccccc1. The average Bonchev–Trinajstić information content (AvgIpc) is 2.69. The number of hydrogen-bond donors (Lipinski definition) is 0. The topological polar surface area (TPSA) is 54.5 Å². The van der Waals surface area contributed by atoms with E-state index in [9.17, 15) is 13.2 Å². The molecule has 0 N–H and O–H groups in total. The van der Waals surface area contributed by atoms with Crippen LogP contribution in [0.25, 0.3) is 6.08 Å². The normalized spacial score (nSPS) is 11.4. The summed E-state index contributed by atoms with van der Waals surface area (Å²) >= 11 is 6.10. The standard InChI is InChI=1S/C21H16ClNO3S/c22-20-14-8-7-9-17(20)15-16-21(24)23(18-10-3-1-4-11-18)27(25,26)19-12-5-2-6-13-19/h1-16H/b16-15+. The number of amides is 1. The van der Waals surface area contributed by atoms with Crippen LogP contribution < -0.4 is 4.31 Å². The van der Waals surface area contributed by atoms with E-state index in [0.29, 0.717) is 10.6 Å². The van der Waals surface area contributed by atoms with Gasteiger partial charge < -0.3 is 0 Å². The first-order valence-electron chi connectivity index (χ1n) is 8.12. The van der Waals surface area contributed by atoms with Gasteiger partial charge in [-0.15, -0.1) is 0 Å². The van der Waals surface area contributed by atoms with Crippen LogP contribution in [0.5, 0.6) is 0 Å². The van der Waals surface area contributed by atoms with Crippen LogP contribution in [-0.2, 0) is 14.8 Å². The third-order valence-corrected chi connectivity index (χ3v) is 5.87. The number of hydrogen-bond acceptors (Lipinski definition) is 3. The van der Waals surface area contributed by atoms with Crippen molar-refractivity contribution in [2.45, 2.75) is 4.90 Å². The lowest BCUT2D eigenvalue weighted by Crippen LogP contribution is -2.35. The first kappa shape index (κ1) is 18.9. The number of halogens is 1. The first-order chi connectivity index (χ1) is 13.0. The molecule has 3 aromatic rings. The Morgan fingerprint density at radius 3 is 2.00 bits per heavy atom. The molecule has 0 heterocycles. The molecule has 0 bridgehead atoms. The summed E-state index contributed by atoms with van der Waals surface area (Å²) < 4.78 is 27.0. The Labute approximate surface area is 163 Å². The van der Waals surface area contributed by atoms with Crippen LogP contribution >= 0.6 is 11.6 Å². The van der Waals surface area contributed by atoms with E-state index in [-0.39, 0.29) is 10.6 Å². The quantitative estimate of drug-likeness (QED) is 0.582. The van der Waals surface area contributed by atoms with Gasteiger partial charge in [-0.05, 0) is 42.0 Å². The molecule has 6 heteroatoms. The Bertz CT molecular complexity index is 1060. The summed E-state index contributed by atoms with van der Waals surface area (Å²) in [6.07, 6.45) is 2.70. The second-order valence-corrected chi connectivity index (χ2v) is 7.81. The third-order valence-electron chi connectivity index (χ3n) is 3.78. The maximum atomic E-state index is 13.1. The summed E-state index contributed by atoms with van der Waals surface area (Å²) in [6.45, 7) is 0. The van der Waals surface area contributed by atoms with Gasteiger partial charge in [0.1, 0.15) is 0 Å². The minimum atomic E-state index is -4.07. The van der Waals surface area contributed by atoms with Crippen molar-refractivity contribution >= 4 is 39.3 Å². The van der Waals surface area contributed by atoms with Gasteiger partial charge in [0.2, 0.25) is 0 Å². The minimum absolute atomic E-state index is 0.0355. The maximum Gasteiger partial charge on any atom is 0.271 e. The van der Waals surface area contributed by atoms with Crippen LogP contribution in [-0.4, -0.2) is 14.3 Å². The number of para-hydroxylation sites is 1. The second kappa shape index (κ2) is 8.20. The molecule has 0 saturated carbocycles. The molecular weight excluding hydrogens is 382 g/mol. The van der Waals surface area contributed by atoms with E-state index in [4.69, 9.17) is 11.6 Å². The molecule has 0 spiro atoms. The number of carbonyl (C=O) groups excluding carboxylic acids is 1. The summed E-state index contributed by atoms with van der Waals surface area (Å²) in [4.78, 5) is 12.9. The number of nitrogens with zero attached hydrogens (tertiary/aromatic N) is 1. The number of carbonyl (C=O) groups is 1. The Balaban J connectivity index is 2.03. The largest absolute Gasteiger partial charge is 0.271 e. The summed E-state index contributed by atoms with van der Waals surface area (Å²) in [5.41, 5.74) is 0.882. The van der Waals surface area contributed by atoms with Crippen LogP contribution in [0.3, 0.4) is 0 Å². The zero-order valence-electron chi connectivity index (χ0n) is 14.2. The molecule has 0 aliphatic carbocycles. The predicted octanol–water partition coefficient (Wildman–Crippen LogP) is 4.78. The van der Waals surface area contributed by atoms with E-state index in [1.807, 2.05) is 0 Å². The van der Waals surface area contributed by atoms with Crippen LogP contribution in [0.2, 0.25) is 5.02 Å². The highest BCUT2D eigenvalue weighted by Gasteiger charge is 2.29. The number of benzene rings is 3. The van der Waals surface area contributed by atoms with Gasteiger partial charge in [0.25, 0.3) is 15.9 Å². The summed E-state index contributed by atoms with van der Waals surface area (Å²) in [5, 5.41) is 0.471. The Hall–Kier alpha value is -2.89. The summed E-state index contributed by atoms with van der Waals surface area (Å²) in [6, 6.07) is 23.1. The zero-order chi connectivity index (χ0) is 19.3. The molecular formula is C21H16ClNO3S. The second-order valence-electron chi connectivity index (χ2n) is 5.61. The molecule has 136 valence electrons. The van der Waals surface area contributed by atoms with Crippen molar-refractivity contribution in [3.8, 4) is 0 Å². The van der Waals surface area contributed by atoms with Gasteiger partial charge in [-0.2, -0.15) is 4.31 Å². The van der Waals surface area contributed by atoms with Gasteiger partial charge in [-0.1, -0.05) is 66.2 Å². The third kappa shape index (κ3) is 4.27. The lowest BCUT2D eigenvalue weighted by molar-refractivity contribution is -0.113. The van der Waals surface area contributed by atoms with Gasteiger partial charge >= 0.3 is 0 Å². The van der Waals surface area contributed by atoms with E-state index >= 15 is 0 Å². The molecule has 0 aliphatic rings. The first-order valence-corrected chi connectivity index (χ1v) is 9.94. The van der Waals surface area contributed by atoms with E-state index < -0.39 is 15.9 Å². The lowest BCUT2D eigenvalue weighted by Gasteiger charge is -2.21. The summed E-state index contributed by atoms with van der Waals surface area (Å²) in [7, 11) is -4.07. The molecule has 0 atom stereocenters. The van der Waals surface area contributed by atoms with Crippen LogP contribution in [0.4, 0.5) is 5.69 Å². The Kier molecular flexibility index (Phi) is 5.74. The van der Waals surface area contributed by atoms with Crippen molar-refractivity contribution in [3.63, 3.8) is 0 Å². The van der Waals surface area contributed by atoms with E-state index in [1.54, 1.807) is 72.8 Å². The van der Waals surface area contributed by atoms with E-state index in [1.165, 1.54) is 24.3 Å². The van der Waals surface area contributed by atoms with Crippen molar-refractivity contribution < 1.29 is 13.2 Å². The van der Waals surface area contributed by atoms with E-state index in [2.05, 4.69) is 0 Å². The molecule has 0 aromatic heterocycles. The molecule has 0 fully saturated rings. The number of sulfonamides is 1. The Morgan fingerprint density at radius 1 is 0.815 bits per heavy atom. The molecule has 0 saturated heterocycles. The van der Waals surface area contributed by atoms with Crippen molar-refractivity contribution in [1.29, 1.82) is 0 Å². The molecule has 0 radical (unpaired) electrons. The smallest absolute Gasteiger partial charge is 0.268 e. The molecule has 1 amide bonds. The maximum absolute atomic E-state index is 13.1. The number of rotatable bonds is 5. The molecule has 3 rings (SSSR count). The highest BCUT2D eigenvalue weighted by Crippen LogP contribution is 2.24.